The van der Waals surface area contributed by atoms with Gasteiger partial charge in [-0.1, -0.05) is 0 Å². The van der Waals surface area contributed by atoms with Gasteiger partial charge < -0.3 is 0 Å². The standard InChI is InChI=1S/C28H22O2/c1-9-11(3)19-21-14(6)27(29)18-8-17-13(5)28(30)26(25(21)23(17)18)20-12(4)10(2)16-7-15(9)22(16)24(19)20/h7-8H2,1-6H3. The fourth-order valence-corrected chi connectivity index (χ4v) is 6.71. The maximum atomic E-state index is 13.7. The molecule has 3 aromatic carbocycles. The lowest BCUT2D eigenvalue weighted by Gasteiger charge is -2.35. The Morgan fingerprint density at radius 3 is 1.60 bits per heavy atom. The third-order valence-electron chi connectivity index (χ3n) is 8.70. The summed E-state index contributed by atoms with van der Waals surface area (Å²) in [6.45, 7) is 12.7. The molecule has 0 radical (unpaired) electrons. The maximum absolute atomic E-state index is 13.7. The minimum Gasteiger partial charge on any atom is -0.289 e. The fraction of sp³-hybridized carbons (Fsp3) is 0.286. The lowest BCUT2D eigenvalue weighted by Crippen LogP contribution is -2.28. The molecule has 0 saturated heterocycles. The zero-order chi connectivity index (χ0) is 21.0. The van der Waals surface area contributed by atoms with Crippen LogP contribution in [0.3, 0.4) is 0 Å². The largest absolute Gasteiger partial charge is 0.289 e. The molecule has 0 saturated carbocycles. The van der Waals surface area contributed by atoms with E-state index in [-0.39, 0.29) is 10.9 Å². The second-order valence-corrected chi connectivity index (χ2v) is 9.68. The summed E-state index contributed by atoms with van der Waals surface area (Å²) in [6, 6.07) is 0. The van der Waals surface area contributed by atoms with Crippen molar-refractivity contribution in [3.8, 4) is 11.1 Å². The first-order valence-electron chi connectivity index (χ1n) is 10.8. The van der Waals surface area contributed by atoms with Gasteiger partial charge >= 0.3 is 0 Å². The van der Waals surface area contributed by atoms with E-state index in [0.29, 0.717) is 6.42 Å². The number of rotatable bonds is 0. The molecule has 30 heavy (non-hydrogen) atoms. The molecule has 0 aliphatic heterocycles. The van der Waals surface area contributed by atoms with Gasteiger partial charge in [-0.25, -0.2) is 0 Å². The average Bonchev–Trinajstić information content (AvgIpc) is 2.66. The molecule has 3 aromatic rings. The van der Waals surface area contributed by atoms with Crippen LogP contribution in [0.25, 0.3) is 43.4 Å². The Balaban J connectivity index is 2.02. The average molecular weight is 390 g/mol. The molecule has 0 amide bonds. The van der Waals surface area contributed by atoms with E-state index in [2.05, 4.69) is 27.7 Å². The van der Waals surface area contributed by atoms with E-state index in [0.717, 1.165) is 56.0 Å². The van der Waals surface area contributed by atoms with Gasteiger partial charge in [0.1, 0.15) is 0 Å². The molecule has 0 spiro atoms. The molecule has 2 heteroatoms. The van der Waals surface area contributed by atoms with Crippen molar-refractivity contribution < 1.29 is 0 Å². The SMILES string of the molecule is Cc1c2c3c(c(C)c(C)c4c5c6c(c(C)c(=O)c7c-6c(c(C)c5=O)C7)c(c1C)c34)C2. The van der Waals surface area contributed by atoms with Crippen LogP contribution < -0.4 is 10.9 Å². The Morgan fingerprint density at radius 2 is 0.967 bits per heavy atom. The number of hydrogen-bond acceptors (Lipinski definition) is 2. The van der Waals surface area contributed by atoms with E-state index in [9.17, 15) is 9.59 Å². The van der Waals surface area contributed by atoms with Crippen molar-refractivity contribution >= 4 is 32.3 Å². The zero-order valence-electron chi connectivity index (χ0n) is 18.2. The Morgan fingerprint density at radius 1 is 0.400 bits per heavy atom. The van der Waals surface area contributed by atoms with Crippen LogP contribution in [-0.4, -0.2) is 0 Å². The molecule has 4 aliphatic carbocycles. The van der Waals surface area contributed by atoms with E-state index in [1.54, 1.807) is 0 Å². The predicted molar refractivity (Wildman–Crippen MR) is 125 cm³/mol. The van der Waals surface area contributed by atoms with Crippen LogP contribution >= 0.6 is 0 Å². The summed E-state index contributed by atoms with van der Waals surface area (Å²) in [5, 5.41) is 6.80. The first-order chi connectivity index (χ1) is 14.3. The number of benzene rings is 5. The van der Waals surface area contributed by atoms with Crippen molar-refractivity contribution in [2.45, 2.75) is 54.4 Å². The summed E-state index contributed by atoms with van der Waals surface area (Å²) in [7, 11) is 0. The molecule has 0 N–H and O–H groups in total. The van der Waals surface area contributed by atoms with Gasteiger partial charge in [-0.05, 0) is 119 Å². The molecule has 0 fully saturated rings. The van der Waals surface area contributed by atoms with Crippen LogP contribution in [0.2, 0.25) is 0 Å². The highest BCUT2D eigenvalue weighted by Gasteiger charge is 2.37. The van der Waals surface area contributed by atoms with Crippen molar-refractivity contribution in [1.29, 1.82) is 0 Å². The predicted octanol–water partition coefficient (Wildman–Crippen LogP) is 5.51. The molecule has 7 rings (SSSR count). The number of aryl methyl sites for hydroxylation is 3. The molecule has 4 aliphatic rings. The van der Waals surface area contributed by atoms with Crippen molar-refractivity contribution in [2.75, 3.05) is 0 Å². The summed E-state index contributed by atoms with van der Waals surface area (Å²) in [6.07, 6.45) is 1.66. The molecular weight excluding hydrogens is 368 g/mol. The van der Waals surface area contributed by atoms with E-state index < -0.39 is 0 Å². The van der Waals surface area contributed by atoms with Crippen LogP contribution in [-0.2, 0) is 12.8 Å². The summed E-state index contributed by atoms with van der Waals surface area (Å²) in [5.74, 6) is 0. The highest BCUT2D eigenvalue weighted by atomic mass is 16.1. The van der Waals surface area contributed by atoms with Crippen molar-refractivity contribution in [3.05, 3.63) is 76.1 Å². The van der Waals surface area contributed by atoms with E-state index in [1.165, 1.54) is 49.5 Å². The van der Waals surface area contributed by atoms with Crippen LogP contribution in [0.4, 0.5) is 0 Å². The lowest BCUT2D eigenvalue weighted by molar-refractivity contribution is 1.05. The van der Waals surface area contributed by atoms with Gasteiger partial charge in [0, 0.05) is 34.1 Å². The first kappa shape index (κ1) is 16.8. The van der Waals surface area contributed by atoms with Gasteiger partial charge in [0.25, 0.3) is 0 Å². The topological polar surface area (TPSA) is 34.1 Å². The Labute approximate surface area is 174 Å². The summed E-state index contributed by atoms with van der Waals surface area (Å²) < 4.78 is 0. The Bertz CT molecular complexity index is 1760. The van der Waals surface area contributed by atoms with Gasteiger partial charge in [0.2, 0.25) is 0 Å². The molecule has 0 aromatic heterocycles. The van der Waals surface area contributed by atoms with Crippen LogP contribution in [0, 0.1) is 41.5 Å². The van der Waals surface area contributed by atoms with Crippen molar-refractivity contribution in [3.63, 3.8) is 0 Å². The van der Waals surface area contributed by atoms with Crippen LogP contribution in [0.5, 0.6) is 0 Å². The van der Waals surface area contributed by atoms with Crippen LogP contribution in [0.15, 0.2) is 9.59 Å². The molecule has 0 heterocycles. The van der Waals surface area contributed by atoms with Gasteiger partial charge in [-0.3, -0.25) is 9.59 Å². The third-order valence-corrected chi connectivity index (χ3v) is 8.70. The normalized spacial score (nSPS) is 14.3. The summed E-state index contributed by atoms with van der Waals surface area (Å²) >= 11 is 0. The quantitative estimate of drug-likeness (QED) is 0.253. The van der Waals surface area contributed by atoms with E-state index in [1.807, 2.05) is 13.8 Å². The molecular formula is C28H22O2. The zero-order valence-corrected chi connectivity index (χ0v) is 18.2. The highest BCUT2D eigenvalue weighted by Crippen LogP contribution is 2.54. The first-order valence-corrected chi connectivity index (χ1v) is 10.8. The summed E-state index contributed by atoms with van der Waals surface area (Å²) in [4.78, 5) is 27.0. The van der Waals surface area contributed by atoms with Crippen LogP contribution in [0.1, 0.15) is 55.6 Å². The minimum atomic E-state index is 0.157. The third kappa shape index (κ3) is 1.41. The molecule has 0 atom stereocenters. The summed E-state index contributed by atoms with van der Waals surface area (Å²) in [5.41, 5.74) is 14.1. The monoisotopic (exact) mass is 390 g/mol. The molecule has 0 bridgehead atoms. The molecule has 0 unspecified atom stereocenters. The van der Waals surface area contributed by atoms with Crippen molar-refractivity contribution in [1.82, 2.24) is 0 Å². The fourth-order valence-electron chi connectivity index (χ4n) is 6.71. The van der Waals surface area contributed by atoms with Gasteiger partial charge in [0.15, 0.2) is 10.9 Å². The molecule has 2 nitrogen and oxygen atoms in total. The second kappa shape index (κ2) is 4.67. The number of fused-ring (bicyclic) bond motifs is 2. The smallest absolute Gasteiger partial charge is 0.190 e. The van der Waals surface area contributed by atoms with Crippen molar-refractivity contribution in [2.24, 2.45) is 0 Å². The van der Waals surface area contributed by atoms with Gasteiger partial charge in [-0.15, -0.1) is 0 Å². The Kier molecular flexibility index (Phi) is 2.61. The van der Waals surface area contributed by atoms with E-state index >= 15 is 0 Å². The van der Waals surface area contributed by atoms with E-state index in [4.69, 9.17) is 0 Å². The maximum Gasteiger partial charge on any atom is 0.190 e. The number of hydrogen-bond donors (Lipinski definition) is 0. The lowest BCUT2D eigenvalue weighted by atomic mass is 9.67. The second-order valence-electron chi connectivity index (χ2n) is 9.68. The Hall–Kier alpha value is -3.00. The van der Waals surface area contributed by atoms with Gasteiger partial charge in [-0.2, -0.15) is 0 Å². The van der Waals surface area contributed by atoms with Gasteiger partial charge in [0.05, 0.1) is 0 Å². The minimum absolute atomic E-state index is 0.157. The molecule has 146 valence electrons. The highest BCUT2D eigenvalue weighted by molar-refractivity contribution is 6.33.